The van der Waals surface area contributed by atoms with E-state index in [4.69, 9.17) is 0 Å². The van der Waals surface area contributed by atoms with E-state index in [1.54, 1.807) is 0 Å². The van der Waals surface area contributed by atoms with E-state index in [2.05, 4.69) is 17.6 Å². The Kier molecular flexibility index (Phi) is 5.11. The van der Waals surface area contributed by atoms with Crippen molar-refractivity contribution >= 4 is 0 Å². The molecule has 3 atom stereocenters. The molecule has 16 heavy (non-hydrogen) atoms. The van der Waals surface area contributed by atoms with Crippen LogP contribution < -0.4 is 10.6 Å². The molecule has 1 saturated heterocycles. The summed E-state index contributed by atoms with van der Waals surface area (Å²) in [5.74, 6) is 1.77. The second-order valence-electron chi connectivity index (χ2n) is 5.84. The standard InChI is InChI=1S/C14H28N2/c1-12-6-3-2-4-8-14(12)16-11-13-7-5-9-15-10-13/h12-16H,2-11H2,1H3. The van der Waals surface area contributed by atoms with Crippen LogP contribution >= 0.6 is 0 Å². The summed E-state index contributed by atoms with van der Waals surface area (Å²) >= 11 is 0. The van der Waals surface area contributed by atoms with Crippen molar-refractivity contribution in [1.82, 2.24) is 10.6 Å². The van der Waals surface area contributed by atoms with Gasteiger partial charge < -0.3 is 10.6 Å². The van der Waals surface area contributed by atoms with Gasteiger partial charge in [0.05, 0.1) is 0 Å². The molecule has 94 valence electrons. The first-order chi connectivity index (χ1) is 7.86. The van der Waals surface area contributed by atoms with Crippen molar-refractivity contribution in [1.29, 1.82) is 0 Å². The summed E-state index contributed by atoms with van der Waals surface area (Å²) in [5.41, 5.74) is 0. The van der Waals surface area contributed by atoms with Gasteiger partial charge in [0.15, 0.2) is 0 Å². The summed E-state index contributed by atoms with van der Waals surface area (Å²) in [7, 11) is 0. The highest BCUT2D eigenvalue weighted by Gasteiger charge is 2.21. The Labute approximate surface area is 101 Å². The highest BCUT2D eigenvalue weighted by atomic mass is 14.9. The molecule has 2 fully saturated rings. The zero-order valence-corrected chi connectivity index (χ0v) is 10.8. The summed E-state index contributed by atoms with van der Waals surface area (Å²) in [6, 6.07) is 0.796. The summed E-state index contributed by atoms with van der Waals surface area (Å²) in [6.45, 7) is 6.13. The van der Waals surface area contributed by atoms with Gasteiger partial charge in [-0.15, -0.1) is 0 Å². The summed E-state index contributed by atoms with van der Waals surface area (Å²) < 4.78 is 0. The van der Waals surface area contributed by atoms with Gasteiger partial charge in [-0.05, 0) is 57.2 Å². The lowest BCUT2D eigenvalue weighted by Crippen LogP contribution is -2.41. The van der Waals surface area contributed by atoms with Gasteiger partial charge in [-0.2, -0.15) is 0 Å². The van der Waals surface area contributed by atoms with E-state index in [0.29, 0.717) is 0 Å². The first kappa shape index (κ1) is 12.4. The Balaban J connectivity index is 1.70. The lowest BCUT2D eigenvalue weighted by atomic mass is 9.94. The molecule has 1 aliphatic heterocycles. The molecule has 0 aromatic heterocycles. The molecule has 2 rings (SSSR count). The topological polar surface area (TPSA) is 24.1 Å². The van der Waals surface area contributed by atoms with Crippen LogP contribution in [0, 0.1) is 11.8 Å². The molecule has 1 heterocycles. The predicted molar refractivity (Wildman–Crippen MR) is 69.6 cm³/mol. The summed E-state index contributed by atoms with van der Waals surface area (Å²) in [4.78, 5) is 0. The van der Waals surface area contributed by atoms with Gasteiger partial charge in [-0.25, -0.2) is 0 Å². The summed E-state index contributed by atoms with van der Waals surface area (Å²) in [5, 5.41) is 7.35. The lowest BCUT2D eigenvalue weighted by Gasteiger charge is -2.28. The third-order valence-corrected chi connectivity index (χ3v) is 4.43. The minimum absolute atomic E-state index is 0.796. The minimum Gasteiger partial charge on any atom is -0.316 e. The van der Waals surface area contributed by atoms with E-state index in [9.17, 15) is 0 Å². The number of hydrogen-bond acceptors (Lipinski definition) is 2. The molecule has 0 aromatic carbocycles. The second-order valence-corrected chi connectivity index (χ2v) is 5.84. The molecular formula is C14H28N2. The van der Waals surface area contributed by atoms with Crippen molar-refractivity contribution in [3.63, 3.8) is 0 Å². The van der Waals surface area contributed by atoms with Crippen molar-refractivity contribution in [2.24, 2.45) is 11.8 Å². The monoisotopic (exact) mass is 224 g/mol. The maximum Gasteiger partial charge on any atom is 0.00928 e. The van der Waals surface area contributed by atoms with E-state index in [1.807, 2.05) is 0 Å². The van der Waals surface area contributed by atoms with E-state index in [0.717, 1.165) is 17.9 Å². The molecule has 2 heteroatoms. The average molecular weight is 224 g/mol. The van der Waals surface area contributed by atoms with Crippen LogP contribution in [0.3, 0.4) is 0 Å². The smallest absolute Gasteiger partial charge is 0.00928 e. The molecule has 0 amide bonds. The zero-order valence-electron chi connectivity index (χ0n) is 10.8. The van der Waals surface area contributed by atoms with Crippen molar-refractivity contribution < 1.29 is 0 Å². The van der Waals surface area contributed by atoms with E-state index in [-0.39, 0.29) is 0 Å². The third-order valence-electron chi connectivity index (χ3n) is 4.43. The van der Waals surface area contributed by atoms with Crippen LogP contribution in [0.15, 0.2) is 0 Å². The molecule has 0 radical (unpaired) electrons. The predicted octanol–water partition coefficient (Wildman–Crippen LogP) is 2.54. The molecule has 2 aliphatic rings. The fraction of sp³-hybridized carbons (Fsp3) is 1.00. The fourth-order valence-corrected chi connectivity index (χ4v) is 3.21. The van der Waals surface area contributed by atoms with Gasteiger partial charge in [0.25, 0.3) is 0 Å². The second kappa shape index (κ2) is 6.61. The highest BCUT2D eigenvalue weighted by molar-refractivity contribution is 4.79. The van der Waals surface area contributed by atoms with Crippen molar-refractivity contribution in [3.8, 4) is 0 Å². The number of rotatable bonds is 3. The molecule has 0 aromatic rings. The highest BCUT2D eigenvalue weighted by Crippen LogP contribution is 2.23. The zero-order chi connectivity index (χ0) is 11.2. The SMILES string of the molecule is CC1CCCCCC1NCC1CCCNC1. The van der Waals surface area contributed by atoms with Gasteiger partial charge in [0, 0.05) is 6.04 Å². The van der Waals surface area contributed by atoms with Gasteiger partial charge in [0.1, 0.15) is 0 Å². The molecule has 3 unspecified atom stereocenters. The molecule has 2 N–H and O–H groups in total. The van der Waals surface area contributed by atoms with Crippen LogP contribution in [-0.4, -0.2) is 25.7 Å². The Morgan fingerprint density at radius 2 is 1.94 bits per heavy atom. The molecule has 0 spiro atoms. The number of hydrogen-bond donors (Lipinski definition) is 2. The maximum atomic E-state index is 3.84. The molecular weight excluding hydrogens is 196 g/mol. The Morgan fingerprint density at radius 3 is 2.75 bits per heavy atom. The van der Waals surface area contributed by atoms with Crippen LogP contribution in [0.2, 0.25) is 0 Å². The third kappa shape index (κ3) is 3.74. The normalized spacial score (nSPS) is 36.9. The largest absolute Gasteiger partial charge is 0.316 e. The lowest BCUT2D eigenvalue weighted by molar-refractivity contribution is 0.300. The van der Waals surface area contributed by atoms with Crippen molar-refractivity contribution in [3.05, 3.63) is 0 Å². The van der Waals surface area contributed by atoms with Crippen molar-refractivity contribution in [2.45, 2.75) is 57.9 Å². The van der Waals surface area contributed by atoms with Crippen LogP contribution in [0.1, 0.15) is 51.9 Å². The number of piperidine rings is 1. The summed E-state index contributed by atoms with van der Waals surface area (Å²) in [6.07, 6.45) is 9.96. The maximum absolute atomic E-state index is 3.84. The van der Waals surface area contributed by atoms with Gasteiger partial charge in [-0.1, -0.05) is 26.2 Å². The molecule has 2 nitrogen and oxygen atoms in total. The first-order valence-corrected chi connectivity index (χ1v) is 7.30. The van der Waals surface area contributed by atoms with E-state index in [1.165, 1.54) is 64.6 Å². The number of nitrogens with one attached hydrogen (secondary N) is 2. The van der Waals surface area contributed by atoms with Gasteiger partial charge >= 0.3 is 0 Å². The van der Waals surface area contributed by atoms with E-state index >= 15 is 0 Å². The van der Waals surface area contributed by atoms with E-state index < -0.39 is 0 Å². The molecule has 1 saturated carbocycles. The van der Waals surface area contributed by atoms with Crippen molar-refractivity contribution in [2.75, 3.05) is 19.6 Å². The van der Waals surface area contributed by atoms with Crippen LogP contribution in [0.25, 0.3) is 0 Å². The van der Waals surface area contributed by atoms with Gasteiger partial charge in [-0.3, -0.25) is 0 Å². The van der Waals surface area contributed by atoms with Crippen LogP contribution in [-0.2, 0) is 0 Å². The minimum atomic E-state index is 0.796. The average Bonchev–Trinajstić information content (AvgIpc) is 2.53. The van der Waals surface area contributed by atoms with Gasteiger partial charge in [0.2, 0.25) is 0 Å². The van der Waals surface area contributed by atoms with Crippen LogP contribution in [0.5, 0.6) is 0 Å². The quantitative estimate of drug-likeness (QED) is 0.720. The molecule has 1 aliphatic carbocycles. The Bertz CT molecular complexity index is 187. The fourth-order valence-electron chi connectivity index (χ4n) is 3.21. The first-order valence-electron chi connectivity index (χ1n) is 7.30. The Hall–Kier alpha value is -0.0800. The Morgan fingerprint density at radius 1 is 1.06 bits per heavy atom. The molecule has 0 bridgehead atoms. The van der Waals surface area contributed by atoms with Crippen LogP contribution in [0.4, 0.5) is 0 Å².